The maximum Gasteiger partial charge on any atom is 0.332 e. The number of imide groups is 1. The molecule has 1 aromatic rings. The minimum Gasteiger partial charge on any atom is -0.381 e. The smallest absolute Gasteiger partial charge is 0.332 e. The van der Waals surface area contributed by atoms with Crippen molar-refractivity contribution in [2.45, 2.75) is 38.1 Å². The molecular formula is C21H27ClFN3O3. The Bertz CT molecular complexity index is 791. The zero-order valence-corrected chi connectivity index (χ0v) is 17.5. The number of urea groups is 1. The summed E-state index contributed by atoms with van der Waals surface area (Å²) in [4.78, 5) is 31.8. The van der Waals surface area contributed by atoms with Gasteiger partial charge >= 0.3 is 6.03 Å². The largest absolute Gasteiger partial charge is 0.381 e. The van der Waals surface area contributed by atoms with Gasteiger partial charge in [0.25, 0.3) is 5.91 Å². The first-order valence-corrected chi connectivity index (χ1v) is 10.8. The Morgan fingerprint density at radius 3 is 2.52 bits per heavy atom. The monoisotopic (exact) mass is 423 g/mol. The second-order valence-electron chi connectivity index (χ2n) is 8.15. The van der Waals surface area contributed by atoms with Crippen molar-refractivity contribution in [3.63, 3.8) is 0 Å². The summed E-state index contributed by atoms with van der Waals surface area (Å²) in [6.45, 7) is 6.58. The Morgan fingerprint density at radius 2 is 1.90 bits per heavy atom. The van der Waals surface area contributed by atoms with Gasteiger partial charge in [0.2, 0.25) is 0 Å². The van der Waals surface area contributed by atoms with Gasteiger partial charge in [-0.2, -0.15) is 0 Å². The van der Waals surface area contributed by atoms with Crippen molar-refractivity contribution >= 4 is 29.2 Å². The number of rotatable bonds is 4. The normalized spacial score (nSPS) is 23.4. The van der Waals surface area contributed by atoms with Gasteiger partial charge in [-0.25, -0.2) is 14.1 Å². The van der Waals surface area contributed by atoms with E-state index in [4.69, 9.17) is 16.3 Å². The number of likely N-dealkylation sites (N-methyl/N-ethyl adjacent to an activating group) is 1. The fraction of sp³-hybridized carbons (Fsp3) is 0.619. The maximum atomic E-state index is 13.6. The molecule has 0 N–H and O–H groups in total. The minimum atomic E-state index is -0.821. The van der Waals surface area contributed by atoms with Crippen molar-refractivity contribution in [1.29, 1.82) is 0 Å². The van der Waals surface area contributed by atoms with Crippen molar-refractivity contribution in [1.82, 2.24) is 9.80 Å². The lowest BCUT2D eigenvalue weighted by Gasteiger charge is -2.43. The summed E-state index contributed by atoms with van der Waals surface area (Å²) < 4.78 is 19.0. The molecule has 8 heteroatoms. The van der Waals surface area contributed by atoms with Crippen LogP contribution in [-0.4, -0.2) is 66.7 Å². The number of halogens is 2. The van der Waals surface area contributed by atoms with E-state index in [1.54, 1.807) is 4.90 Å². The topological polar surface area (TPSA) is 53.1 Å². The molecule has 158 valence electrons. The Balaban J connectivity index is 1.51. The molecule has 4 rings (SSSR count). The van der Waals surface area contributed by atoms with Crippen LogP contribution in [0, 0.1) is 11.7 Å². The molecule has 0 atom stereocenters. The summed E-state index contributed by atoms with van der Waals surface area (Å²) in [6, 6.07) is 3.62. The molecule has 0 radical (unpaired) electrons. The molecule has 0 aromatic heterocycles. The number of benzene rings is 1. The number of amides is 3. The quantitative estimate of drug-likeness (QED) is 0.695. The SMILES string of the molecule is CCN1C(=O)N(c2ccc(F)c(Cl)c2)C(=O)C12CCN(CC1CCOCC1)CC2. The van der Waals surface area contributed by atoms with Crippen LogP contribution in [0.25, 0.3) is 0 Å². The van der Waals surface area contributed by atoms with Crippen LogP contribution in [0.2, 0.25) is 5.02 Å². The van der Waals surface area contributed by atoms with Crippen molar-refractivity contribution in [3.05, 3.63) is 29.0 Å². The molecule has 1 spiro atoms. The van der Waals surface area contributed by atoms with E-state index in [2.05, 4.69) is 4.90 Å². The van der Waals surface area contributed by atoms with Crippen LogP contribution in [0.1, 0.15) is 32.6 Å². The van der Waals surface area contributed by atoms with Crippen molar-refractivity contribution in [2.24, 2.45) is 5.92 Å². The van der Waals surface area contributed by atoms with Gasteiger partial charge in [-0.05, 0) is 56.7 Å². The highest BCUT2D eigenvalue weighted by molar-refractivity contribution is 6.31. The number of carbonyl (C=O) groups excluding carboxylic acids is 2. The summed E-state index contributed by atoms with van der Waals surface area (Å²) in [5.41, 5.74) is -0.495. The fourth-order valence-corrected chi connectivity index (χ4v) is 5.06. The number of ether oxygens (including phenoxy) is 1. The fourth-order valence-electron chi connectivity index (χ4n) is 4.89. The van der Waals surface area contributed by atoms with Crippen LogP contribution in [0.4, 0.5) is 14.9 Å². The van der Waals surface area contributed by atoms with E-state index in [1.807, 2.05) is 6.92 Å². The van der Waals surface area contributed by atoms with Crippen LogP contribution in [0.3, 0.4) is 0 Å². The number of nitrogens with zero attached hydrogens (tertiary/aromatic N) is 3. The van der Waals surface area contributed by atoms with Crippen molar-refractivity contribution in [2.75, 3.05) is 44.3 Å². The number of hydrogen-bond donors (Lipinski definition) is 0. The van der Waals surface area contributed by atoms with Gasteiger partial charge in [0.05, 0.1) is 10.7 Å². The number of likely N-dealkylation sites (tertiary alicyclic amines) is 1. The summed E-state index contributed by atoms with van der Waals surface area (Å²) >= 11 is 5.89. The lowest BCUT2D eigenvalue weighted by molar-refractivity contribution is -0.127. The number of hydrogen-bond acceptors (Lipinski definition) is 4. The first-order chi connectivity index (χ1) is 14.0. The van der Waals surface area contributed by atoms with Gasteiger partial charge in [0.15, 0.2) is 0 Å². The molecule has 3 amide bonds. The average Bonchev–Trinajstić information content (AvgIpc) is 2.93. The average molecular weight is 424 g/mol. The number of carbonyl (C=O) groups is 2. The van der Waals surface area contributed by atoms with Gasteiger partial charge < -0.3 is 14.5 Å². The van der Waals surface area contributed by atoms with Gasteiger partial charge in [-0.15, -0.1) is 0 Å². The predicted molar refractivity (Wildman–Crippen MR) is 109 cm³/mol. The standard InChI is InChI=1S/C21H27ClFN3O3/c1-2-25-20(28)26(16-3-4-18(23)17(22)13-16)19(27)21(25)7-9-24(10-8-21)14-15-5-11-29-12-6-15/h3-4,13,15H,2,5-12,14H2,1H3. The highest BCUT2D eigenvalue weighted by Gasteiger charge is 2.57. The van der Waals surface area contributed by atoms with E-state index in [-0.39, 0.29) is 17.0 Å². The first-order valence-electron chi connectivity index (χ1n) is 10.4. The zero-order chi connectivity index (χ0) is 20.6. The van der Waals surface area contributed by atoms with E-state index in [9.17, 15) is 14.0 Å². The number of piperidine rings is 1. The minimum absolute atomic E-state index is 0.0987. The van der Waals surface area contributed by atoms with Crippen LogP contribution >= 0.6 is 11.6 Å². The highest BCUT2D eigenvalue weighted by Crippen LogP contribution is 2.40. The Kier molecular flexibility index (Phi) is 5.82. The van der Waals surface area contributed by atoms with E-state index >= 15 is 0 Å². The summed E-state index contributed by atoms with van der Waals surface area (Å²) in [5.74, 6) is -0.158. The van der Waals surface area contributed by atoms with Gasteiger partial charge in [0, 0.05) is 39.4 Å². The zero-order valence-electron chi connectivity index (χ0n) is 16.7. The van der Waals surface area contributed by atoms with Gasteiger partial charge in [0.1, 0.15) is 11.4 Å². The second kappa shape index (κ2) is 8.20. The van der Waals surface area contributed by atoms with E-state index in [1.165, 1.54) is 23.1 Å². The maximum absolute atomic E-state index is 13.6. The van der Waals surface area contributed by atoms with Crippen LogP contribution in [-0.2, 0) is 9.53 Å². The van der Waals surface area contributed by atoms with Gasteiger partial charge in [-0.3, -0.25) is 4.79 Å². The molecule has 0 unspecified atom stereocenters. The van der Waals surface area contributed by atoms with Crippen LogP contribution in [0.15, 0.2) is 18.2 Å². The molecule has 3 aliphatic rings. The molecule has 3 aliphatic heterocycles. The lowest BCUT2D eigenvalue weighted by atomic mass is 9.85. The third-order valence-corrected chi connectivity index (χ3v) is 6.85. The van der Waals surface area contributed by atoms with E-state index in [0.29, 0.717) is 31.0 Å². The van der Waals surface area contributed by atoms with Crippen molar-refractivity contribution in [3.8, 4) is 0 Å². The Hall–Kier alpha value is -1.70. The Morgan fingerprint density at radius 1 is 1.21 bits per heavy atom. The van der Waals surface area contributed by atoms with Crippen molar-refractivity contribution < 1.29 is 18.7 Å². The van der Waals surface area contributed by atoms with Crippen LogP contribution < -0.4 is 4.90 Å². The van der Waals surface area contributed by atoms with E-state index < -0.39 is 11.4 Å². The molecule has 0 saturated carbocycles. The summed E-state index contributed by atoms with van der Waals surface area (Å²) in [6.07, 6.45) is 3.39. The molecule has 1 aromatic carbocycles. The predicted octanol–water partition coefficient (Wildman–Crippen LogP) is 3.53. The lowest BCUT2D eigenvalue weighted by Crippen LogP contribution is -2.57. The summed E-state index contributed by atoms with van der Waals surface area (Å²) in [5, 5.41) is -0.0987. The van der Waals surface area contributed by atoms with Gasteiger partial charge in [-0.1, -0.05) is 11.6 Å². The Labute approximate surface area is 175 Å². The number of anilines is 1. The molecule has 3 fully saturated rings. The molecule has 0 aliphatic carbocycles. The molecule has 0 bridgehead atoms. The van der Waals surface area contributed by atoms with E-state index in [0.717, 1.165) is 45.7 Å². The molecule has 3 heterocycles. The van der Waals surface area contributed by atoms with Crippen LogP contribution in [0.5, 0.6) is 0 Å². The molecule has 29 heavy (non-hydrogen) atoms. The third kappa shape index (κ3) is 3.64. The first kappa shape index (κ1) is 20.6. The highest BCUT2D eigenvalue weighted by atomic mass is 35.5. The molecule has 3 saturated heterocycles. The molecular weight excluding hydrogens is 397 g/mol. The summed E-state index contributed by atoms with van der Waals surface area (Å²) in [7, 11) is 0. The second-order valence-corrected chi connectivity index (χ2v) is 8.56. The molecule has 6 nitrogen and oxygen atoms in total. The third-order valence-electron chi connectivity index (χ3n) is 6.56.